The van der Waals surface area contributed by atoms with Gasteiger partial charge in [0.05, 0.1) is 0 Å². The molecule has 74 valence electrons. The summed E-state index contributed by atoms with van der Waals surface area (Å²) in [7, 11) is 0. The molecule has 0 saturated carbocycles. The average Bonchev–Trinajstić information content (AvgIpc) is 2.42. The van der Waals surface area contributed by atoms with Gasteiger partial charge in [-0.1, -0.05) is 18.2 Å². The summed E-state index contributed by atoms with van der Waals surface area (Å²) >= 11 is 2.59. The number of thioether (sulfide) groups is 1. The highest BCUT2D eigenvalue weighted by Gasteiger charge is 2.27. The number of rotatable bonds is 2. The largest absolute Gasteiger partial charge is 0.450 e. The van der Waals surface area contributed by atoms with Crippen molar-refractivity contribution in [2.24, 2.45) is 0 Å². The summed E-state index contributed by atoms with van der Waals surface area (Å²) in [5.74, 6) is 0. The molecule has 1 heterocycles. The third-order valence-corrected chi connectivity index (χ3v) is 2.74. The van der Waals surface area contributed by atoms with Gasteiger partial charge in [-0.25, -0.2) is 0 Å². The number of hydrogen-bond donors (Lipinski definition) is 0. The van der Waals surface area contributed by atoms with Crippen LogP contribution in [0.1, 0.15) is 0 Å². The molecular formula is C9H5BrF2OS. The zero-order valence-corrected chi connectivity index (χ0v) is 9.24. The first-order valence-electron chi connectivity index (χ1n) is 3.79. The van der Waals surface area contributed by atoms with Crippen molar-refractivity contribution in [2.45, 2.75) is 9.26 Å². The van der Waals surface area contributed by atoms with Crippen molar-refractivity contribution in [2.75, 3.05) is 0 Å². The molecule has 1 aromatic carbocycles. The van der Waals surface area contributed by atoms with E-state index < -0.39 is 4.16 Å². The second kappa shape index (κ2) is 3.55. The van der Waals surface area contributed by atoms with Crippen molar-refractivity contribution < 1.29 is 13.2 Å². The lowest BCUT2D eigenvalue weighted by atomic mass is 10.3. The van der Waals surface area contributed by atoms with E-state index >= 15 is 0 Å². The molecule has 2 rings (SSSR count). The Bertz CT molecular complexity index is 416. The van der Waals surface area contributed by atoms with Gasteiger partial charge in [0.25, 0.3) is 0 Å². The Kier molecular flexibility index (Phi) is 2.53. The molecule has 0 aliphatic carbocycles. The highest BCUT2D eigenvalue weighted by atomic mass is 79.9. The predicted molar refractivity (Wildman–Crippen MR) is 55.9 cm³/mol. The lowest BCUT2D eigenvalue weighted by molar-refractivity contribution is 0.219. The van der Waals surface area contributed by atoms with Crippen LogP contribution in [0.3, 0.4) is 0 Å². The van der Waals surface area contributed by atoms with Crippen molar-refractivity contribution in [1.29, 1.82) is 0 Å². The van der Waals surface area contributed by atoms with Crippen molar-refractivity contribution in [3.63, 3.8) is 0 Å². The van der Waals surface area contributed by atoms with E-state index in [2.05, 4.69) is 15.9 Å². The number of hydrogen-bond acceptors (Lipinski definition) is 2. The number of para-hydroxylation sites is 1. The highest BCUT2D eigenvalue weighted by Crippen LogP contribution is 2.42. The predicted octanol–water partition coefficient (Wildman–Crippen LogP) is 4.47. The van der Waals surface area contributed by atoms with E-state index in [0.29, 0.717) is 17.3 Å². The van der Waals surface area contributed by atoms with E-state index in [0.717, 1.165) is 5.39 Å². The van der Waals surface area contributed by atoms with Crippen molar-refractivity contribution >= 4 is 38.7 Å². The molecule has 0 bridgehead atoms. The van der Waals surface area contributed by atoms with Crippen LogP contribution in [-0.4, -0.2) is 4.16 Å². The van der Waals surface area contributed by atoms with E-state index in [4.69, 9.17) is 4.42 Å². The van der Waals surface area contributed by atoms with Gasteiger partial charge in [0.1, 0.15) is 5.58 Å². The van der Waals surface area contributed by atoms with Crippen LogP contribution in [0, 0.1) is 0 Å². The van der Waals surface area contributed by atoms with E-state index in [9.17, 15) is 8.78 Å². The van der Waals surface area contributed by atoms with Crippen LogP contribution in [0.15, 0.2) is 39.8 Å². The minimum atomic E-state index is -2.99. The van der Waals surface area contributed by atoms with Crippen LogP contribution in [-0.2, 0) is 0 Å². The fourth-order valence-electron chi connectivity index (χ4n) is 1.12. The smallest absolute Gasteiger partial charge is 0.356 e. The van der Waals surface area contributed by atoms with Gasteiger partial charge < -0.3 is 4.42 Å². The first-order chi connectivity index (χ1) is 6.54. The number of benzene rings is 1. The standard InChI is InChI=1S/C9H5BrF2OS/c10-9(11,12)14-8-5-6-3-1-2-4-7(6)13-8/h1-5H. The zero-order chi connectivity index (χ0) is 10.2. The molecule has 0 N–H and O–H groups in total. The normalized spacial score (nSPS) is 12.2. The van der Waals surface area contributed by atoms with Crippen LogP contribution in [0.2, 0.25) is 0 Å². The SMILES string of the molecule is FC(F)(Br)Sc1cc2ccccc2o1. The first kappa shape index (κ1) is 9.98. The molecule has 0 unspecified atom stereocenters. The maximum atomic E-state index is 12.6. The third kappa shape index (κ3) is 2.27. The highest BCUT2D eigenvalue weighted by molar-refractivity contribution is 9.11. The molecule has 0 aliphatic rings. The molecule has 14 heavy (non-hydrogen) atoms. The van der Waals surface area contributed by atoms with Crippen molar-refractivity contribution in [1.82, 2.24) is 0 Å². The van der Waals surface area contributed by atoms with Gasteiger partial charge in [-0.3, -0.25) is 0 Å². The third-order valence-electron chi connectivity index (χ3n) is 1.62. The fraction of sp³-hybridized carbons (Fsp3) is 0.111. The summed E-state index contributed by atoms with van der Waals surface area (Å²) in [4.78, 5) is 0. The number of alkyl halides is 3. The van der Waals surface area contributed by atoms with Gasteiger partial charge in [-0.05, 0) is 23.9 Å². The van der Waals surface area contributed by atoms with E-state index in [1.807, 2.05) is 12.1 Å². The minimum Gasteiger partial charge on any atom is -0.450 e. The summed E-state index contributed by atoms with van der Waals surface area (Å²) in [5.41, 5.74) is 0.617. The Morgan fingerprint density at radius 3 is 2.64 bits per heavy atom. The van der Waals surface area contributed by atoms with Crippen molar-refractivity contribution in [3.8, 4) is 0 Å². The molecule has 2 aromatic rings. The minimum absolute atomic E-state index is 0.202. The Morgan fingerprint density at radius 1 is 1.29 bits per heavy atom. The molecular weight excluding hydrogens is 274 g/mol. The monoisotopic (exact) mass is 278 g/mol. The maximum absolute atomic E-state index is 12.6. The summed E-state index contributed by atoms with van der Waals surface area (Å²) in [6.07, 6.45) is 0. The van der Waals surface area contributed by atoms with E-state index in [-0.39, 0.29) is 5.09 Å². The molecule has 0 amide bonds. The molecule has 0 spiro atoms. The van der Waals surface area contributed by atoms with E-state index in [1.165, 1.54) is 0 Å². The van der Waals surface area contributed by atoms with Crippen LogP contribution < -0.4 is 0 Å². The summed E-state index contributed by atoms with van der Waals surface area (Å²) in [5, 5.41) is 1.03. The first-order valence-corrected chi connectivity index (χ1v) is 5.40. The Morgan fingerprint density at radius 2 is 2.00 bits per heavy atom. The Hall–Kier alpha value is -0.550. The summed E-state index contributed by atoms with van der Waals surface area (Å²) < 4.78 is 27.3. The second-order valence-corrected chi connectivity index (χ2v) is 5.29. The fourth-order valence-corrected chi connectivity index (χ4v) is 2.15. The molecule has 1 nitrogen and oxygen atoms in total. The van der Waals surface area contributed by atoms with Crippen LogP contribution in [0.4, 0.5) is 8.78 Å². The summed E-state index contributed by atoms with van der Waals surface area (Å²) in [6.45, 7) is 0. The van der Waals surface area contributed by atoms with Crippen LogP contribution >= 0.6 is 27.7 Å². The maximum Gasteiger partial charge on any atom is 0.356 e. The molecule has 0 saturated heterocycles. The van der Waals surface area contributed by atoms with Gasteiger partial charge in [0.15, 0.2) is 5.09 Å². The lowest BCUT2D eigenvalue weighted by Gasteiger charge is -2.02. The molecule has 5 heteroatoms. The Labute approximate surface area is 91.6 Å². The number of furan rings is 1. The number of fused-ring (bicyclic) bond motifs is 1. The lowest BCUT2D eigenvalue weighted by Crippen LogP contribution is -1.94. The Balaban J connectivity index is 2.36. The average molecular weight is 279 g/mol. The molecule has 1 aromatic heterocycles. The summed E-state index contributed by atoms with van der Waals surface area (Å²) in [6, 6.07) is 8.78. The van der Waals surface area contributed by atoms with Gasteiger partial charge in [0.2, 0.25) is 0 Å². The van der Waals surface area contributed by atoms with E-state index in [1.54, 1.807) is 18.2 Å². The second-order valence-electron chi connectivity index (χ2n) is 2.65. The molecule has 0 aliphatic heterocycles. The molecule has 0 atom stereocenters. The van der Waals surface area contributed by atoms with Crippen molar-refractivity contribution in [3.05, 3.63) is 30.3 Å². The van der Waals surface area contributed by atoms with Gasteiger partial charge in [-0.2, -0.15) is 8.78 Å². The van der Waals surface area contributed by atoms with Crippen LogP contribution in [0.25, 0.3) is 11.0 Å². The van der Waals surface area contributed by atoms with Gasteiger partial charge in [0, 0.05) is 21.3 Å². The molecule has 0 radical (unpaired) electrons. The van der Waals surface area contributed by atoms with Gasteiger partial charge >= 0.3 is 4.16 Å². The number of halogens is 3. The topological polar surface area (TPSA) is 13.1 Å². The quantitative estimate of drug-likeness (QED) is 0.594. The van der Waals surface area contributed by atoms with Gasteiger partial charge in [-0.15, -0.1) is 0 Å². The zero-order valence-electron chi connectivity index (χ0n) is 6.84. The molecule has 0 fully saturated rings. The van der Waals surface area contributed by atoms with Crippen LogP contribution in [0.5, 0.6) is 0 Å².